The first-order valence-corrected chi connectivity index (χ1v) is 16.1. The highest BCUT2D eigenvalue weighted by molar-refractivity contribution is 9.10. The molecular weight excluding hydrogens is 679 g/mol. The van der Waals surface area contributed by atoms with E-state index in [1.54, 1.807) is 42.5 Å². The van der Waals surface area contributed by atoms with E-state index in [1.165, 1.54) is 17.0 Å². The number of allylic oxidation sites excluding steroid dienone is 2. The number of carbonyl (C=O) groups excluding carboxylic acids is 4. The van der Waals surface area contributed by atoms with Crippen molar-refractivity contribution in [2.75, 3.05) is 11.5 Å². The first-order chi connectivity index (χ1) is 21.6. The lowest BCUT2D eigenvalue weighted by Gasteiger charge is -2.22. The molecule has 6 rings (SSSR count). The number of aryl methyl sites for hydroxylation is 1. The van der Waals surface area contributed by atoms with E-state index < -0.39 is 18.4 Å². The highest BCUT2D eigenvalue weighted by Crippen LogP contribution is 2.41. The Balaban J connectivity index is 1.33. The molecule has 2 heterocycles. The second-order valence-corrected chi connectivity index (χ2v) is 13.0. The summed E-state index contributed by atoms with van der Waals surface area (Å²) in [6.45, 7) is 3.44. The third-order valence-electron chi connectivity index (χ3n) is 8.42. The van der Waals surface area contributed by atoms with Crippen molar-refractivity contribution in [3.05, 3.63) is 104 Å². The third kappa shape index (κ3) is 5.83. The van der Waals surface area contributed by atoms with Crippen LogP contribution in [0.2, 0.25) is 10.0 Å². The number of hydrogen-bond donors (Lipinski definition) is 0. The highest BCUT2D eigenvalue weighted by atomic mass is 79.9. The summed E-state index contributed by atoms with van der Waals surface area (Å²) in [5.74, 6) is -2.24. The van der Waals surface area contributed by atoms with Gasteiger partial charge < -0.3 is 4.74 Å². The number of benzene rings is 3. The Morgan fingerprint density at radius 2 is 1.76 bits per heavy atom. The quantitative estimate of drug-likeness (QED) is 0.0832. The van der Waals surface area contributed by atoms with Gasteiger partial charge in [-0.3, -0.25) is 19.3 Å². The minimum atomic E-state index is -0.697. The van der Waals surface area contributed by atoms with Gasteiger partial charge in [0.05, 0.1) is 39.3 Å². The van der Waals surface area contributed by atoms with Crippen LogP contribution in [0.5, 0.6) is 0 Å². The van der Waals surface area contributed by atoms with Gasteiger partial charge in [-0.05, 0) is 72.9 Å². The Morgan fingerprint density at radius 1 is 1.00 bits per heavy atom. The minimum Gasteiger partial charge on any atom is -0.454 e. The summed E-state index contributed by atoms with van der Waals surface area (Å²) < 4.78 is 6.27. The van der Waals surface area contributed by atoms with Gasteiger partial charge in [0.1, 0.15) is 0 Å². The van der Waals surface area contributed by atoms with Crippen LogP contribution in [0.1, 0.15) is 46.5 Å². The van der Waals surface area contributed by atoms with E-state index in [4.69, 9.17) is 32.9 Å². The molecule has 2 amide bonds. The van der Waals surface area contributed by atoms with Crippen molar-refractivity contribution in [2.45, 2.75) is 26.7 Å². The van der Waals surface area contributed by atoms with Gasteiger partial charge in [-0.25, -0.2) is 9.78 Å². The standard InChI is InChI=1S/C35H27BrCl2N2O5/c1-3-19-13-21(36)14-26-27(35(44)45-17-30(41)24-12-9-22(37)15-28(24)38)16-29(39-32(19)26)20-7-10-23(11-8-20)40-33(42)25-6-4-5-18(2)31(25)34(40)43/h4-5,7-16,18,25,31H,3,6,17H2,1-2H3. The molecule has 0 N–H and O–H groups in total. The molecule has 228 valence electrons. The van der Waals surface area contributed by atoms with Crippen LogP contribution in [-0.2, 0) is 20.7 Å². The molecule has 1 aromatic heterocycles. The number of ether oxygens (including phenoxy) is 1. The topological polar surface area (TPSA) is 93.6 Å². The number of fused-ring (bicyclic) bond motifs is 2. The summed E-state index contributed by atoms with van der Waals surface area (Å²) in [6.07, 6.45) is 5.19. The van der Waals surface area contributed by atoms with Crippen molar-refractivity contribution in [3.8, 4) is 11.3 Å². The number of rotatable bonds is 7. The fourth-order valence-corrected chi connectivity index (χ4v) is 7.15. The number of anilines is 1. The van der Waals surface area contributed by atoms with Crippen molar-refractivity contribution < 1.29 is 23.9 Å². The SMILES string of the molecule is CCc1cc(Br)cc2c(C(=O)OCC(=O)c3ccc(Cl)cc3Cl)cc(-c3ccc(N4C(=O)C5CC=CC(C)C5C4=O)cc3)nc12. The van der Waals surface area contributed by atoms with Crippen molar-refractivity contribution in [1.82, 2.24) is 4.98 Å². The van der Waals surface area contributed by atoms with Crippen LogP contribution in [0, 0.1) is 17.8 Å². The molecule has 1 fully saturated rings. The molecule has 0 bridgehead atoms. The number of ketones is 1. The molecule has 0 saturated carbocycles. The van der Waals surface area contributed by atoms with Crippen LogP contribution in [-0.4, -0.2) is 35.2 Å². The molecule has 2 aliphatic rings. The zero-order valence-electron chi connectivity index (χ0n) is 24.4. The fraction of sp³-hybridized carbons (Fsp3) is 0.229. The Labute approximate surface area is 278 Å². The average Bonchev–Trinajstić information content (AvgIpc) is 3.28. The Morgan fingerprint density at radius 3 is 2.44 bits per heavy atom. The number of aromatic nitrogens is 1. The van der Waals surface area contributed by atoms with Gasteiger partial charge in [-0.15, -0.1) is 0 Å². The molecule has 1 aliphatic carbocycles. The molecule has 3 aromatic carbocycles. The van der Waals surface area contributed by atoms with Gasteiger partial charge in [-0.1, -0.05) is 77.3 Å². The Kier molecular flexibility index (Phi) is 8.66. The van der Waals surface area contributed by atoms with Crippen LogP contribution in [0.15, 0.2) is 77.3 Å². The number of carbonyl (C=O) groups is 4. The van der Waals surface area contributed by atoms with Crippen molar-refractivity contribution in [1.29, 1.82) is 0 Å². The van der Waals surface area contributed by atoms with Crippen molar-refractivity contribution in [3.63, 3.8) is 0 Å². The van der Waals surface area contributed by atoms with E-state index in [0.29, 0.717) is 45.7 Å². The summed E-state index contributed by atoms with van der Waals surface area (Å²) in [4.78, 5) is 59.0. The normalized spacial score (nSPS) is 19.2. The number of Topliss-reactive ketones (excluding diaryl/α,β-unsaturated/α-hetero) is 1. The maximum atomic E-state index is 13.5. The van der Waals surface area contributed by atoms with E-state index in [2.05, 4.69) is 15.9 Å². The van der Waals surface area contributed by atoms with Crippen LogP contribution < -0.4 is 4.90 Å². The smallest absolute Gasteiger partial charge is 0.339 e. The maximum Gasteiger partial charge on any atom is 0.339 e. The molecular formula is C35H27BrCl2N2O5. The largest absolute Gasteiger partial charge is 0.454 e. The molecule has 4 aromatic rings. The van der Waals surface area contributed by atoms with Crippen LogP contribution in [0.4, 0.5) is 5.69 Å². The lowest BCUT2D eigenvalue weighted by molar-refractivity contribution is -0.122. The molecule has 10 heteroatoms. The molecule has 1 aliphatic heterocycles. The lowest BCUT2D eigenvalue weighted by atomic mass is 9.78. The van der Waals surface area contributed by atoms with Gasteiger partial charge in [0.15, 0.2) is 6.61 Å². The summed E-state index contributed by atoms with van der Waals surface area (Å²) >= 11 is 15.7. The number of amides is 2. The molecule has 45 heavy (non-hydrogen) atoms. The summed E-state index contributed by atoms with van der Waals surface area (Å²) in [7, 11) is 0. The number of hydrogen-bond acceptors (Lipinski definition) is 6. The van der Waals surface area contributed by atoms with E-state index in [-0.39, 0.29) is 45.7 Å². The molecule has 3 atom stereocenters. The molecule has 1 saturated heterocycles. The van der Waals surface area contributed by atoms with Gasteiger partial charge in [0.2, 0.25) is 17.6 Å². The van der Waals surface area contributed by atoms with Gasteiger partial charge in [-0.2, -0.15) is 0 Å². The second kappa shape index (κ2) is 12.5. The maximum absolute atomic E-state index is 13.5. The second-order valence-electron chi connectivity index (χ2n) is 11.2. The highest BCUT2D eigenvalue weighted by Gasteiger charge is 2.50. The van der Waals surface area contributed by atoms with Crippen LogP contribution in [0.25, 0.3) is 22.2 Å². The van der Waals surface area contributed by atoms with E-state index in [1.807, 2.05) is 32.1 Å². The number of nitrogens with zero attached hydrogens (tertiary/aromatic N) is 2. The Bertz CT molecular complexity index is 1920. The number of pyridine rings is 1. The minimum absolute atomic E-state index is 0.00396. The number of imide groups is 1. The predicted octanol–water partition coefficient (Wildman–Crippen LogP) is 8.27. The molecule has 7 nitrogen and oxygen atoms in total. The summed E-state index contributed by atoms with van der Waals surface area (Å²) in [5, 5.41) is 1.13. The van der Waals surface area contributed by atoms with Crippen LogP contribution in [0.3, 0.4) is 0 Å². The zero-order chi connectivity index (χ0) is 32.0. The Hall–Kier alpha value is -3.85. The number of halogens is 3. The van der Waals surface area contributed by atoms with Gasteiger partial charge >= 0.3 is 5.97 Å². The summed E-state index contributed by atoms with van der Waals surface area (Å²) in [5.41, 5.74) is 3.64. The lowest BCUT2D eigenvalue weighted by Crippen LogP contribution is -2.31. The molecule has 0 spiro atoms. The zero-order valence-corrected chi connectivity index (χ0v) is 27.4. The first-order valence-electron chi connectivity index (χ1n) is 14.5. The predicted molar refractivity (Wildman–Crippen MR) is 178 cm³/mol. The van der Waals surface area contributed by atoms with E-state index in [0.717, 1.165) is 10.0 Å². The molecule has 0 radical (unpaired) electrons. The number of esters is 1. The monoisotopic (exact) mass is 704 g/mol. The van der Waals surface area contributed by atoms with Crippen molar-refractivity contribution >= 4 is 79.3 Å². The first kappa shape index (κ1) is 31.1. The van der Waals surface area contributed by atoms with Crippen molar-refractivity contribution in [2.24, 2.45) is 17.8 Å². The summed E-state index contributed by atoms with van der Waals surface area (Å²) in [6, 6.07) is 16.9. The van der Waals surface area contributed by atoms with Crippen LogP contribution >= 0.6 is 39.1 Å². The van der Waals surface area contributed by atoms with Gasteiger partial charge in [0.25, 0.3) is 0 Å². The van der Waals surface area contributed by atoms with Gasteiger partial charge in [0, 0.05) is 26.0 Å². The van der Waals surface area contributed by atoms with E-state index >= 15 is 0 Å². The average molecular weight is 706 g/mol. The third-order valence-corrected chi connectivity index (χ3v) is 9.42. The fourth-order valence-electron chi connectivity index (χ4n) is 6.13. The van der Waals surface area contributed by atoms with E-state index in [9.17, 15) is 19.2 Å². The molecule has 3 unspecified atom stereocenters.